The van der Waals surface area contributed by atoms with Crippen molar-refractivity contribution in [3.8, 4) is 0 Å². The normalized spacial score (nSPS) is 14.2. The molecular weight excluding hydrogens is 240 g/mol. The topological polar surface area (TPSA) is 0 Å². The van der Waals surface area contributed by atoms with Crippen molar-refractivity contribution in [2.24, 2.45) is 0 Å². The summed E-state index contributed by atoms with van der Waals surface area (Å²) in [6.45, 7) is 9.28. The summed E-state index contributed by atoms with van der Waals surface area (Å²) in [7, 11) is -1.11. The molecule has 1 atom stereocenters. The Morgan fingerprint density at radius 3 is 1.85 bits per heavy atom. The Morgan fingerprint density at radius 2 is 1.54 bits per heavy atom. The van der Waals surface area contributed by atoms with E-state index in [0.717, 1.165) is 0 Å². The lowest BCUT2D eigenvalue weighted by atomic mass is 10.2. The lowest BCUT2D eigenvalue weighted by Gasteiger charge is -2.17. The van der Waals surface area contributed by atoms with E-state index in [1.54, 1.807) is 0 Å². The third-order valence-electron chi connectivity index (χ3n) is 2.24. The van der Waals surface area contributed by atoms with Crippen molar-refractivity contribution >= 4 is 29.2 Å². The molecule has 0 heterocycles. The maximum atomic E-state index is 3.57. The second-order valence-electron chi connectivity index (χ2n) is 4.49. The van der Waals surface area contributed by atoms with Crippen molar-refractivity contribution in [3.05, 3.63) is 29.8 Å². The van der Waals surface area contributed by atoms with Gasteiger partial charge in [-0.15, -0.1) is 0 Å². The highest BCUT2D eigenvalue weighted by Crippen LogP contribution is 2.20. The summed E-state index contributed by atoms with van der Waals surface area (Å²) in [6, 6.07) is 9.01. The Balaban J connectivity index is 2.94. The molecule has 2 heteroatoms. The lowest BCUT2D eigenvalue weighted by Crippen LogP contribution is -2.37. The first kappa shape index (κ1) is 11.0. The third kappa shape index (κ3) is 2.95. The first-order valence-corrected chi connectivity index (χ1v) is 9.07. The van der Waals surface area contributed by atoms with E-state index in [4.69, 9.17) is 0 Å². The van der Waals surface area contributed by atoms with E-state index in [-0.39, 0.29) is 0 Å². The van der Waals surface area contributed by atoms with Gasteiger partial charge in [0.15, 0.2) is 0 Å². The summed E-state index contributed by atoms with van der Waals surface area (Å²) < 4.78 is 0. The molecule has 1 unspecified atom stereocenters. The first-order chi connectivity index (χ1) is 5.91. The van der Waals surface area contributed by atoms with Crippen molar-refractivity contribution in [1.82, 2.24) is 0 Å². The molecule has 1 aromatic rings. The molecule has 0 spiro atoms. The van der Waals surface area contributed by atoms with Gasteiger partial charge in [-0.05, 0) is 12.5 Å². The van der Waals surface area contributed by atoms with E-state index in [2.05, 4.69) is 66.8 Å². The molecule has 0 radical (unpaired) electrons. The highest BCUT2D eigenvalue weighted by atomic mass is 79.9. The smallest absolute Gasteiger partial charge is 0.0775 e. The van der Waals surface area contributed by atoms with Gasteiger partial charge in [0.1, 0.15) is 0 Å². The Hall–Kier alpha value is -0.0831. The molecule has 0 aliphatic heterocycles. The zero-order valence-corrected chi connectivity index (χ0v) is 11.4. The van der Waals surface area contributed by atoms with Crippen LogP contribution in [0.25, 0.3) is 0 Å². The number of hydrogen-bond donors (Lipinski definition) is 0. The Bertz CT molecular complexity index is 269. The second kappa shape index (κ2) is 3.97. The highest BCUT2D eigenvalue weighted by Gasteiger charge is 2.15. The molecule has 0 N–H and O–H groups in total. The van der Waals surface area contributed by atoms with Crippen LogP contribution in [0.4, 0.5) is 0 Å². The van der Waals surface area contributed by atoms with E-state index in [0.29, 0.717) is 4.83 Å². The van der Waals surface area contributed by atoms with Crippen molar-refractivity contribution < 1.29 is 0 Å². The van der Waals surface area contributed by atoms with Crippen LogP contribution in [0.2, 0.25) is 19.6 Å². The zero-order chi connectivity index (χ0) is 10.1. The Labute approximate surface area is 90.5 Å². The fraction of sp³-hybridized carbons (Fsp3) is 0.455. The number of halogens is 1. The lowest BCUT2D eigenvalue weighted by molar-refractivity contribution is 1.13. The van der Waals surface area contributed by atoms with Gasteiger partial charge in [0.2, 0.25) is 0 Å². The SMILES string of the molecule is CC(Br)c1ccc([Si](C)(C)C)cc1. The average molecular weight is 257 g/mol. The molecule has 1 rings (SSSR count). The van der Waals surface area contributed by atoms with Crippen LogP contribution in [-0.4, -0.2) is 8.07 Å². The minimum atomic E-state index is -1.11. The van der Waals surface area contributed by atoms with Crippen LogP contribution >= 0.6 is 15.9 Å². The van der Waals surface area contributed by atoms with Crippen molar-refractivity contribution in [2.45, 2.75) is 31.4 Å². The quantitative estimate of drug-likeness (QED) is 0.560. The molecule has 0 aliphatic rings. The maximum Gasteiger partial charge on any atom is 0.0775 e. The van der Waals surface area contributed by atoms with Crippen LogP contribution in [0, 0.1) is 0 Å². The Morgan fingerprint density at radius 1 is 1.08 bits per heavy atom. The van der Waals surface area contributed by atoms with Gasteiger partial charge in [-0.25, -0.2) is 0 Å². The molecule has 0 amide bonds. The predicted octanol–water partition coefficient (Wildman–Crippen LogP) is 3.69. The molecule has 72 valence electrons. The van der Waals surface area contributed by atoms with Gasteiger partial charge in [-0.2, -0.15) is 0 Å². The molecule has 0 bridgehead atoms. The third-order valence-corrected chi connectivity index (χ3v) is 4.83. The number of hydrogen-bond acceptors (Lipinski definition) is 0. The van der Waals surface area contributed by atoms with Gasteiger partial charge in [-0.1, -0.05) is 65.0 Å². The molecule has 0 saturated heterocycles. The summed E-state index contributed by atoms with van der Waals surface area (Å²) in [5, 5.41) is 1.53. The largest absolute Gasteiger partial charge is 0.0842 e. The van der Waals surface area contributed by atoms with E-state index in [1.807, 2.05) is 0 Å². The van der Waals surface area contributed by atoms with Crippen LogP contribution in [0.15, 0.2) is 24.3 Å². The Kier molecular flexibility index (Phi) is 3.36. The van der Waals surface area contributed by atoms with Crippen LogP contribution in [0.3, 0.4) is 0 Å². The van der Waals surface area contributed by atoms with E-state index < -0.39 is 8.07 Å². The van der Waals surface area contributed by atoms with E-state index >= 15 is 0 Å². The number of benzene rings is 1. The van der Waals surface area contributed by atoms with Crippen LogP contribution < -0.4 is 5.19 Å². The van der Waals surface area contributed by atoms with Crippen molar-refractivity contribution in [2.75, 3.05) is 0 Å². The highest BCUT2D eigenvalue weighted by molar-refractivity contribution is 9.09. The minimum Gasteiger partial charge on any atom is -0.0842 e. The van der Waals surface area contributed by atoms with Gasteiger partial charge in [-0.3, -0.25) is 0 Å². The summed E-state index contributed by atoms with van der Waals surface area (Å²) in [4.78, 5) is 0.461. The zero-order valence-electron chi connectivity index (χ0n) is 8.76. The second-order valence-corrected chi connectivity index (χ2v) is 10.9. The van der Waals surface area contributed by atoms with Crippen molar-refractivity contribution in [3.63, 3.8) is 0 Å². The summed E-state index contributed by atoms with van der Waals surface area (Å²) in [5.41, 5.74) is 1.36. The standard InChI is InChI=1S/C11H17BrSi/c1-9(12)10-5-7-11(8-6-10)13(2,3)4/h5-9H,1-4H3. The van der Waals surface area contributed by atoms with Crippen molar-refractivity contribution in [1.29, 1.82) is 0 Å². The summed E-state index contributed by atoms with van der Waals surface area (Å²) in [5.74, 6) is 0. The molecular formula is C11H17BrSi. The average Bonchev–Trinajstić information content (AvgIpc) is 2.03. The summed E-state index contributed by atoms with van der Waals surface area (Å²) >= 11 is 3.57. The molecule has 13 heavy (non-hydrogen) atoms. The molecule has 0 aliphatic carbocycles. The van der Waals surface area contributed by atoms with E-state index in [1.165, 1.54) is 10.8 Å². The monoisotopic (exact) mass is 256 g/mol. The van der Waals surface area contributed by atoms with Gasteiger partial charge in [0, 0.05) is 4.83 Å². The number of alkyl halides is 1. The van der Waals surface area contributed by atoms with Crippen LogP contribution in [-0.2, 0) is 0 Å². The van der Waals surface area contributed by atoms with Gasteiger partial charge >= 0.3 is 0 Å². The number of rotatable bonds is 2. The first-order valence-electron chi connectivity index (χ1n) is 4.66. The van der Waals surface area contributed by atoms with E-state index in [9.17, 15) is 0 Å². The van der Waals surface area contributed by atoms with Crippen LogP contribution in [0.5, 0.6) is 0 Å². The fourth-order valence-electron chi connectivity index (χ4n) is 1.25. The minimum absolute atomic E-state index is 0.461. The molecule has 1 aromatic carbocycles. The fourth-order valence-corrected chi connectivity index (χ4v) is 2.72. The molecule has 0 saturated carbocycles. The van der Waals surface area contributed by atoms with Gasteiger partial charge in [0.05, 0.1) is 8.07 Å². The molecule has 0 fully saturated rings. The summed E-state index contributed by atoms with van der Waals surface area (Å²) in [6.07, 6.45) is 0. The molecule has 0 aromatic heterocycles. The van der Waals surface area contributed by atoms with Crippen LogP contribution in [0.1, 0.15) is 17.3 Å². The maximum absolute atomic E-state index is 3.57. The predicted molar refractivity (Wildman–Crippen MR) is 66.8 cm³/mol. The van der Waals surface area contributed by atoms with Gasteiger partial charge in [0.25, 0.3) is 0 Å². The van der Waals surface area contributed by atoms with Gasteiger partial charge < -0.3 is 0 Å². The molecule has 0 nitrogen and oxygen atoms in total.